The summed E-state index contributed by atoms with van der Waals surface area (Å²) in [5.41, 5.74) is 5.53. The van der Waals surface area contributed by atoms with Gasteiger partial charge in [0.25, 0.3) is 5.69 Å². The van der Waals surface area contributed by atoms with Crippen molar-refractivity contribution >= 4 is 17.5 Å². The molecule has 0 bridgehead atoms. The standard InChI is InChI=1S/C14H19N3O4/c1-9(2)7-13(18)16-11(14(15)19)8-10-5-3-4-6-12(10)17(20)21/h3-6,9,11H,7-8H2,1-2H3,(H2,15,19)(H,16,18)/t11-/m0/s1. The Hall–Kier alpha value is -2.44. The number of amides is 2. The molecule has 0 heterocycles. The molecule has 7 heteroatoms. The Kier molecular flexibility index (Phi) is 5.83. The van der Waals surface area contributed by atoms with Gasteiger partial charge in [-0.25, -0.2) is 0 Å². The Balaban J connectivity index is 2.87. The van der Waals surface area contributed by atoms with Gasteiger partial charge in [-0.15, -0.1) is 0 Å². The highest BCUT2D eigenvalue weighted by molar-refractivity contribution is 5.87. The normalized spacial score (nSPS) is 12.0. The average Bonchev–Trinajstić information content (AvgIpc) is 2.37. The summed E-state index contributed by atoms with van der Waals surface area (Å²) in [6.45, 7) is 3.75. The highest BCUT2D eigenvalue weighted by atomic mass is 16.6. The van der Waals surface area contributed by atoms with Crippen LogP contribution < -0.4 is 11.1 Å². The van der Waals surface area contributed by atoms with Crippen LogP contribution in [0.1, 0.15) is 25.8 Å². The van der Waals surface area contributed by atoms with Gasteiger partial charge in [-0.05, 0) is 5.92 Å². The molecule has 21 heavy (non-hydrogen) atoms. The summed E-state index contributed by atoms with van der Waals surface area (Å²) in [5.74, 6) is -0.873. The Morgan fingerprint density at radius 2 is 1.95 bits per heavy atom. The number of nitrogens with two attached hydrogens (primary N) is 1. The van der Waals surface area contributed by atoms with E-state index in [0.717, 1.165) is 0 Å². The number of nitro groups is 1. The minimum atomic E-state index is -0.961. The zero-order valence-electron chi connectivity index (χ0n) is 12.0. The van der Waals surface area contributed by atoms with Gasteiger partial charge in [-0.3, -0.25) is 19.7 Å². The number of carbonyl (C=O) groups is 2. The predicted octanol–water partition coefficient (Wildman–Crippen LogP) is 1.15. The molecule has 0 aliphatic carbocycles. The van der Waals surface area contributed by atoms with Crippen LogP contribution in [-0.4, -0.2) is 22.8 Å². The van der Waals surface area contributed by atoms with Crippen molar-refractivity contribution in [3.05, 3.63) is 39.9 Å². The molecule has 0 unspecified atom stereocenters. The Morgan fingerprint density at radius 1 is 1.33 bits per heavy atom. The van der Waals surface area contributed by atoms with E-state index in [2.05, 4.69) is 5.32 Å². The topological polar surface area (TPSA) is 115 Å². The van der Waals surface area contributed by atoms with E-state index in [0.29, 0.717) is 5.56 Å². The van der Waals surface area contributed by atoms with Crippen LogP contribution in [0.15, 0.2) is 24.3 Å². The molecule has 1 atom stereocenters. The molecular formula is C14H19N3O4. The van der Waals surface area contributed by atoms with Crippen LogP contribution in [-0.2, 0) is 16.0 Å². The van der Waals surface area contributed by atoms with Gasteiger partial charge >= 0.3 is 0 Å². The molecule has 0 aliphatic heterocycles. The summed E-state index contributed by atoms with van der Waals surface area (Å²) in [6.07, 6.45) is 0.261. The van der Waals surface area contributed by atoms with Gasteiger partial charge in [0.2, 0.25) is 11.8 Å². The minimum absolute atomic E-state index is 0.00365. The first kappa shape index (κ1) is 16.6. The van der Waals surface area contributed by atoms with Crippen molar-refractivity contribution in [3.8, 4) is 0 Å². The smallest absolute Gasteiger partial charge is 0.272 e. The highest BCUT2D eigenvalue weighted by Crippen LogP contribution is 2.19. The van der Waals surface area contributed by atoms with Crippen LogP contribution in [0.25, 0.3) is 0 Å². The van der Waals surface area contributed by atoms with Gasteiger partial charge in [0.15, 0.2) is 0 Å². The molecule has 2 amide bonds. The van der Waals surface area contributed by atoms with Crippen molar-refractivity contribution in [1.29, 1.82) is 0 Å². The van der Waals surface area contributed by atoms with Crippen LogP contribution in [0.5, 0.6) is 0 Å². The molecule has 7 nitrogen and oxygen atoms in total. The lowest BCUT2D eigenvalue weighted by Crippen LogP contribution is -2.46. The summed E-state index contributed by atoms with van der Waals surface area (Å²) in [4.78, 5) is 33.6. The number of nitrogens with zero attached hydrogens (tertiary/aromatic N) is 1. The fourth-order valence-electron chi connectivity index (χ4n) is 1.93. The third kappa shape index (κ3) is 5.21. The van der Waals surface area contributed by atoms with Gasteiger partial charge in [-0.2, -0.15) is 0 Å². The second-order valence-corrected chi connectivity index (χ2v) is 5.21. The zero-order valence-corrected chi connectivity index (χ0v) is 12.0. The lowest BCUT2D eigenvalue weighted by molar-refractivity contribution is -0.385. The summed E-state index contributed by atoms with van der Waals surface area (Å²) < 4.78 is 0. The van der Waals surface area contributed by atoms with Crippen LogP contribution >= 0.6 is 0 Å². The maximum absolute atomic E-state index is 11.7. The first-order valence-electron chi connectivity index (χ1n) is 6.62. The van der Waals surface area contributed by atoms with Gasteiger partial charge in [0.1, 0.15) is 6.04 Å². The molecule has 1 rings (SSSR count). The zero-order chi connectivity index (χ0) is 16.0. The molecule has 3 N–H and O–H groups in total. The molecule has 1 aromatic rings. The van der Waals surface area contributed by atoms with E-state index in [1.54, 1.807) is 12.1 Å². The van der Waals surface area contributed by atoms with Crippen molar-refractivity contribution in [2.45, 2.75) is 32.7 Å². The van der Waals surface area contributed by atoms with E-state index < -0.39 is 16.9 Å². The predicted molar refractivity (Wildman–Crippen MR) is 77.4 cm³/mol. The number of hydrogen-bond donors (Lipinski definition) is 2. The molecule has 0 spiro atoms. The monoisotopic (exact) mass is 293 g/mol. The number of nitro benzene ring substituents is 1. The second kappa shape index (κ2) is 7.37. The number of primary amides is 1. The third-order valence-corrected chi connectivity index (χ3v) is 2.88. The van der Waals surface area contributed by atoms with E-state index in [1.165, 1.54) is 12.1 Å². The second-order valence-electron chi connectivity index (χ2n) is 5.21. The molecule has 0 aromatic heterocycles. The van der Waals surface area contributed by atoms with E-state index in [1.807, 2.05) is 13.8 Å². The number of benzene rings is 1. The van der Waals surface area contributed by atoms with E-state index in [4.69, 9.17) is 5.73 Å². The largest absolute Gasteiger partial charge is 0.368 e. The number of nitrogens with one attached hydrogen (secondary N) is 1. The maximum Gasteiger partial charge on any atom is 0.272 e. The molecule has 0 saturated carbocycles. The molecule has 0 saturated heterocycles. The molecule has 1 aromatic carbocycles. The van der Waals surface area contributed by atoms with Crippen molar-refractivity contribution in [3.63, 3.8) is 0 Å². The van der Waals surface area contributed by atoms with Crippen molar-refractivity contribution in [1.82, 2.24) is 5.32 Å². The van der Waals surface area contributed by atoms with Crippen molar-refractivity contribution < 1.29 is 14.5 Å². The van der Waals surface area contributed by atoms with Crippen LogP contribution in [0, 0.1) is 16.0 Å². The first-order chi connectivity index (χ1) is 9.81. The summed E-state index contributed by atoms with van der Waals surface area (Å²) in [5, 5.41) is 13.5. The van der Waals surface area contributed by atoms with Crippen LogP contribution in [0.4, 0.5) is 5.69 Å². The van der Waals surface area contributed by atoms with Crippen LogP contribution in [0.2, 0.25) is 0 Å². The molecule has 0 fully saturated rings. The molecule has 0 aliphatic rings. The molecular weight excluding hydrogens is 274 g/mol. The van der Waals surface area contributed by atoms with Gasteiger partial charge < -0.3 is 11.1 Å². The lowest BCUT2D eigenvalue weighted by atomic mass is 10.0. The Labute approximate surface area is 122 Å². The quantitative estimate of drug-likeness (QED) is 0.579. The van der Waals surface area contributed by atoms with Crippen LogP contribution in [0.3, 0.4) is 0 Å². The number of rotatable bonds is 7. The van der Waals surface area contributed by atoms with Gasteiger partial charge in [-0.1, -0.05) is 32.0 Å². The first-order valence-corrected chi connectivity index (χ1v) is 6.62. The fourth-order valence-corrected chi connectivity index (χ4v) is 1.93. The molecule has 0 radical (unpaired) electrons. The minimum Gasteiger partial charge on any atom is -0.368 e. The fraction of sp³-hybridized carbons (Fsp3) is 0.429. The van der Waals surface area contributed by atoms with Gasteiger partial charge in [0, 0.05) is 24.5 Å². The van der Waals surface area contributed by atoms with E-state index in [9.17, 15) is 19.7 Å². The summed E-state index contributed by atoms with van der Waals surface area (Å²) >= 11 is 0. The maximum atomic E-state index is 11.7. The number of para-hydroxylation sites is 1. The highest BCUT2D eigenvalue weighted by Gasteiger charge is 2.23. The van der Waals surface area contributed by atoms with Gasteiger partial charge in [0.05, 0.1) is 4.92 Å². The van der Waals surface area contributed by atoms with Crippen molar-refractivity contribution in [2.75, 3.05) is 0 Å². The van der Waals surface area contributed by atoms with Crippen molar-refractivity contribution in [2.24, 2.45) is 11.7 Å². The summed E-state index contributed by atoms with van der Waals surface area (Å²) in [6, 6.07) is 5.11. The third-order valence-electron chi connectivity index (χ3n) is 2.88. The number of hydrogen-bond acceptors (Lipinski definition) is 4. The lowest BCUT2D eigenvalue weighted by Gasteiger charge is -2.16. The SMILES string of the molecule is CC(C)CC(=O)N[C@@H](Cc1ccccc1[N+](=O)[O-])C(N)=O. The Bertz CT molecular complexity index is 543. The molecule has 114 valence electrons. The number of carbonyl (C=O) groups excluding carboxylic acids is 2. The van der Waals surface area contributed by atoms with E-state index >= 15 is 0 Å². The van der Waals surface area contributed by atoms with E-state index in [-0.39, 0.29) is 30.4 Å². The Morgan fingerprint density at radius 3 is 2.48 bits per heavy atom. The average molecular weight is 293 g/mol. The summed E-state index contributed by atoms with van der Waals surface area (Å²) in [7, 11) is 0.